The maximum atomic E-state index is 11.7. The van der Waals surface area contributed by atoms with Crippen molar-refractivity contribution >= 4 is 5.91 Å². The fraction of sp³-hybridized carbons (Fsp3) is 0.750. The molecule has 2 atom stereocenters. The van der Waals surface area contributed by atoms with E-state index in [0.717, 1.165) is 32.4 Å². The zero-order valence-electron chi connectivity index (χ0n) is 10.00. The van der Waals surface area contributed by atoms with E-state index in [9.17, 15) is 4.79 Å². The molecule has 1 aliphatic rings. The summed E-state index contributed by atoms with van der Waals surface area (Å²) in [6.45, 7) is 7.87. The second-order valence-electron chi connectivity index (χ2n) is 4.14. The Morgan fingerprint density at radius 2 is 2.56 bits per heavy atom. The molecule has 4 nitrogen and oxygen atoms in total. The summed E-state index contributed by atoms with van der Waals surface area (Å²) >= 11 is 0. The minimum atomic E-state index is -0.373. The normalized spacial score (nSPS) is 22.4. The largest absolute Gasteiger partial charge is 0.368 e. The first-order valence-corrected chi connectivity index (χ1v) is 5.97. The number of amides is 1. The van der Waals surface area contributed by atoms with E-state index in [1.165, 1.54) is 0 Å². The predicted octanol–water partition coefficient (Wildman–Crippen LogP) is 0.836. The molecule has 1 aliphatic heterocycles. The van der Waals surface area contributed by atoms with Crippen LogP contribution in [0.3, 0.4) is 0 Å². The summed E-state index contributed by atoms with van der Waals surface area (Å²) in [5, 5.41) is 6.26. The van der Waals surface area contributed by atoms with Crippen LogP contribution in [0.1, 0.15) is 26.2 Å². The Labute approximate surface area is 97.4 Å². The zero-order valence-corrected chi connectivity index (χ0v) is 10.00. The van der Waals surface area contributed by atoms with Gasteiger partial charge in [-0.05, 0) is 32.7 Å². The van der Waals surface area contributed by atoms with Crippen LogP contribution in [-0.4, -0.2) is 37.7 Å². The van der Waals surface area contributed by atoms with Gasteiger partial charge in [-0.25, -0.2) is 0 Å². The summed E-state index contributed by atoms with van der Waals surface area (Å²) in [5.74, 6) is -0.0160. The average Bonchev–Trinajstić information content (AvgIpc) is 2.30. The van der Waals surface area contributed by atoms with Crippen molar-refractivity contribution in [1.29, 1.82) is 0 Å². The lowest BCUT2D eigenvalue weighted by Gasteiger charge is -2.25. The molecule has 0 saturated carbocycles. The van der Waals surface area contributed by atoms with Gasteiger partial charge >= 0.3 is 0 Å². The van der Waals surface area contributed by atoms with Crippen LogP contribution in [0.25, 0.3) is 0 Å². The van der Waals surface area contributed by atoms with Crippen LogP contribution in [0.4, 0.5) is 0 Å². The number of rotatable bonds is 6. The van der Waals surface area contributed by atoms with E-state index in [4.69, 9.17) is 4.74 Å². The van der Waals surface area contributed by atoms with Gasteiger partial charge in [0.05, 0.1) is 6.61 Å². The molecule has 0 aromatic heterocycles. The van der Waals surface area contributed by atoms with Gasteiger partial charge in [-0.15, -0.1) is 6.58 Å². The maximum absolute atomic E-state index is 11.7. The number of hydrogen-bond donors (Lipinski definition) is 2. The van der Waals surface area contributed by atoms with E-state index in [1.54, 1.807) is 13.0 Å². The highest BCUT2D eigenvalue weighted by molar-refractivity contribution is 5.80. The van der Waals surface area contributed by atoms with Crippen molar-refractivity contribution in [2.24, 2.45) is 0 Å². The molecule has 0 spiro atoms. The molecule has 16 heavy (non-hydrogen) atoms. The van der Waals surface area contributed by atoms with E-state index in [2.05, 4.69) is 17.2 Å². The van der Waals surface area contributed by atoms with E-state index < -0.39 is 0 Å². The molecule has 0 radical (unpaired) electrons. The molecule has 0 aromatic rings. The van der Waals surface area contributed by atoms with Crippen molar-refractivity contribution in [1.82, 2.24) is 10.6 Å². The van der Waals surface area contributed by atoms with Crippen molar-refractivity contribution in [3.63, 3.8) is 0 Å². The van der Waals surface area contributed by atoms with E-state index >= 15 is 0 Å². The van der Waals surface area contributed by atoms with Gasteiger partial charge < -0.3 is 15.4 Å². The molecule has 0 aliphatic carbocycles. The Bertz CT molecular complexity index is 225. The molecule has 1 saturated heterocycles. The van der Waals surface area contributed by atoms with Gasteiger partial charge in [0.15, 0.2) is 0 Å². The predicted molar refractivity (Wildman–Crippen MR) is 64.3 cm³/mol. The lowest BCUT2D eigenvalue weighted by Crippen LogP contribution is -2.48. The number of carbonyl (C=O) groups is 1. The van der Waals surface area contributed by atoms with Gasteiger partial charge in [-0.3, -0.25) is 4.79 Å². The van der Waals surface area contributed by atoms with Crippen LogP contribution in [0.15, 0.2) is 12.7 Å². The third-order valence-corrected chi connectivity index (χ3v) is 2.70. The summed E-state index contributed by atoms with van der Waals surface area (Å²) < 4.78 is 5.38. The van der Waals surface area contributed by atoms with Gasteiger partial charge in [0.25, 0.3) is 0 Å². The van der Waals surface area contributed by atoms with Gasteiger partial charge in [-0.1, -0.05) is 6.08 Å². The Kier molecular flexibility index (Phi) is 6.11. The molecule has 2 unspecified atom stereocenters. The topological polar surface area (TPSA) is 50.4 Å². The highest BCUT2D eigenvalue weighted by Crippen LogP contribution is 2.02. The van der Waals surface area contributed by atoms with Gasteiger partial charge in [0.1, 0.15) is 6.10 Å². The van der Waals surface area contributed by atoms with Crippen molar-refractivity contribution < 1.29 is 9.53 Å². The van der Waals surface area contributed by atoms with Crippen molar-refractivity contribution in [2.45, 2.75) is 38.3 Å². The number of carbonyl (C=O) groups excluding carboxylic acids is 1. The number of piperidine rings is 1. The molecule has 1 fully saturated rings. The zero-order chi connectivity index (χ0) is 11.8. The Morgan fingerprint density at radius 3 is 3.19 bits per heavy atom. The van der Waals surface area contributed by atoms with Crippen molar-refractivity contribution in [3.05, 3.63) is 12.7 Å². The van der Waals surface area contributed by atoms with E-state index in [1.807, 2.05) is 0 Å². The average molecular weight is 226 g/mol. The minimum Gasteiger partial charge on any atom is -0.368 e. The molecule has 0 bridgehead atoms. The highest BCUT2D eigenvalue weighted by Gasteiger charge is 2.19. The SMILES string of the molecule is C=CCCOC(C)C(=O)NC1CCCNC1. The summed E-state index contributed by atoms with van der Waals surface area (Å²) in [6, 6.07) is 0.256. The van der Waals surface area contributed by atoms with Crippen LogP contribution in [0, 0.1) is 0 Å². The van der Waals surface area contributed by atoms with Gasteiger partial charge in [0.2, 0.25) is 5.91 Å². The number of ether oxygens (including phenoxy) is 1. The molecular weight excluding hydrogens is 204 g/mol. The Balaban J connectivity index is 2.19. The summed E-state index contributed by atoms with van der Waals surface area (Å²) in [6.07, 6.45) is 4.37. The van der Waals surface area contributed by atoms with Crippen LogP contribution in [0.2, 0.25) is 0 Å². The molecule has 4 heteroatoms. The van der Waals surface area contributed by atoms with Crippen LogP contribution in [0.5, 0.6) is 0 Å². The molecule has 1 amide bonds. The quantitative estimate of drug-likeness (QED) is 0.521. The summed E-state index contributed by atoms with van der Waals surface area (Å²) in [4.78, 5) is 11.7. The fourth-order valence-corrected chi connectivity index (χ4v) is 1.70. The molecule has 2 N–H and O–H groups in total. The highest BCUT2D eigenvalue weighted by atomic mass is 16.5. The Hall–Kier alpha value is -0.870. The van der Waals surface area contributed by atoms with E-state index in [0.29, 0.717) is 6.61 Å². The van der Waals surface area contributed by atoms with Gasteiger partial charge in [-0.2, -0.15) is 0 Å². The van der Waals surface area contributed by atoms with Crippen LogP contribution >= 0.6 is 0 Å². The van der Waals surface area contributed by atoms with Crippen LogP contribution < -0.4 is 10.6 Å². The van der Waals surface area contributed by atoms with Crippen molar-refractivity contribution in [2.75, 3.05) is 19.7 Å². The van der Waals surface area contributed by atoms with E-state index in [-0.39, 0.29) is 18.1 Å². The second kappa shape index (κ2) is 7.41. The summed E-state index contributed by atoms with van der Waals surface area (Å²) in [5.41, 5.74) is 0. The molecular formula is C12H22N2O2. The number of nitrogens with one attached hydrogen (secondary N) is 2. The molecule has 1 rings (SSSR count). The number of hydrogen-bond acceptors (Lipinski definition) is 3. The standard InChI is InChI=1S/C12H22N2O2/c1-3-4-8-16-10(2)12(15)14-11-6-5-7-13-9-11/h3,10-11,13H,1,4-9H2,2H3,(H,14,15). The first-order chi connectivity index (χ1) is 7.74. The van der Waals surface area contributed by atoms with Crippen LogP contribution in [-0.2, 0) is 9.53 Å². The second-order valence-corrected chi connectivity index (χ2v) is 4.14. The lowest BCUT2D eigenvalue weighted by atomic mass is 10.1. The fourth-order valence-electron chi connectivity index (χ4n) is 1.70. The monoisotopic (exact) mass is 226 g/mol. The first-order valence-electron chi connectivity index (χ1n) is 5.97. The third kappa shape index (κ3) is 4.77. The van der Waals surface area contributed by atoms with Gasteiger partial charge in [0, 0.05) is 12.6 Å². The third-order valence-electron chi connectivity index (χ3n) is 2.70. The minimum absolute atomic E-state index is 0.0160. The molecule has 0 aromatic carbocycles. The summed E-state index contributed by atoms with van der Waals surface area (Å²) in [7, 11) is 0. The molecule has 1 heterocycles. The smallest absolute Gasteiger partial charge is 0.249 e. The molecule has 92 valence electrons. The van der Waals surface area contributed by atoms with Crippen molar-refractivity contribution in [3.8, 4) is 0 Å². The Morgan fingerprint density at radius 1 is 1.75 bits per heavy atom. The maximum Gasteiger partial charge on any atom is 0.249 e. The first kappa shape index (κ1) is 13.2. The lowest BCUT2D eigenvalue weighted by molar-refractivity contribution is -0.132.